The topological polar surface area (TPSA) is 51.1 Å². The Balaban J connectivity index is 1.60. The second-order valence-corrected chi connectivity index (χ2v) is 6.24. The summed E-state index contributed by atoms with van der Waals surface area (Å²) in [7, 11) is 0. The fourth-order valence-corrected chi connectivity index (χ4v) is 3.46. The highest BCUT2D eigenvalue weighted by molar-refractivity contribution is 7.09. The molecule has 1 saturated heterocycles. The molecule has 0 N–H and O–H groups in total. The van der Waals surface area contributed by atoms with Crippen molar-refractivity contribution in [1.82, 2.24) is 15.0 Å². The molecule has 1 aromatic carbocycles. The highest BCUT2D eigenvalue weighted by Crippen LogP contribution is 2.27. The Bertz CT molecular complexity index is 803. The number of ether oxygens (including phenoxy) is 1. The molecule has 0 radical (unpaired) electrons. The summed E-state index contributed by atoms with van der Waals surface area (Å²) in [5.41, 5.74) is 2.89. The number of nitrogens with zero attached hydrogens (tertiary/aromatic N) is 4. The molecule has 112 valence electrons. The minimum absolute atomic E-state index is 0.0146. The number of thiazole rings is 1. The van der Waals surface area contributed by atoms with Crippen molar-refractivity contribution < 1.29 is 4.74 Å². The van der Waals surface area contributed by atoms with Crippen LogP contribution in [0.4, 0.5) is 5.82 Å². The van der Waals surface area contributed by atoms with Crippen molar-refractivity contribution in [2.45, 2.75) is 13.0 Å². The Morgan fingerprint density at radius 3 is 2.91 bits per heavy atom. The van der Waals surface area contributed by atoms with Crippen molar-refractivity contribution in [3.05, 3.63) is 46.5 Å². The number of para-hydroxylation sites is 2. The predicted octanol–water partition coefficient (Wildman–Crippen LogP) is 2.97. The summed E-state index contributed by atoms with van der Waals surface area (Å²) in [4.78, 5) is 16.0. The van der Waals surface area contributed by atoms with E-state index in [-0.39, 0.29) is 6.10 Å². The first kappa shape index (κ1) is 13.6. The van der Waals surface area contributed by atoms with Crippen LogP contribution in [0.2, 0.25) is 0 Å². The van der Waals surface area contributed by atoms with Crippen molar-refractivity contribution >= 4 is 28.2 Å². The van der Waals surface area contributed by atoms with Gasteiger partial charge in [0.2, 0.25) is 0 Å². The van der Waals surface area contributed by atoms with Crippen LogP contribution in [0.5, 0.6) is 0 Å². The van der Waals surface area contributed by atoms with Gasteiger partial charge in [0.05, 0.1) is 30.4 Å². The minimum Gasteiger partial charge on any atom is -0.367 e. The minimum atomic E-state index is 0.0146. The van der Waals surface area contributed by atoms with Gasteiger partial charge in [-0.3, -0.25) is 4.98 Å². The molecule has 0 unspecified atom stereocenters. The van der Waals surface area contributed by atoms with Gasteiger partial charge in [0.1, 0.15) is 16.9 Å². The number of hydrogen-bond donors (Lipinski definition) is 0. The van der Waals surface area contributed by atoms with Crippen LogP contribution in [0.25, 0.3) is 11.0 Å². The van der Waals surface area contributed by atoms with E-state index in [1.165, 1.54) is 0 Å². The Kier molecular flexibility index (Phi) is 3.48. The van der Waals surface area contributed by atoms with Crippen LogP contribution in [0.3, 0.4) is 0 Å². The van der Waals surface area contributed by atoms with E-state index >= 15 is 0 Å². The summed E-state index contributed by atoms with van der Waals surface area (Å²) in [5, 5.41) is 3.10. The van der Waals surface area contributed by atoms with E-state index in [9.17, 15) is 0 Å². The number of benzene rings is 1. The number of anilines is 1. The van der Waals surface area contributed by atoms with Crippen LogP contribution in [-0.4, -0.2) is 34.6 Å². The summed E-state index contributed by atoms with van der Waals surface area (Å²) in [5.74, 6) is 0.903. The maximum Gasteiger partial charge on any atom is 0.148 e. The predicted molar refractivity (Wildman–Crippen MR) is 87.3 cm³/mol. The zero-order valence-electron chi connectivity index (χ0n) is 12.3. The molecular formula is C16H16N4OS. The zero-order valence-corrected chi connectivity index (χ0v) is 13.1. The van der Waals surface area contributed by atoms with Gasteiger partial charge in [-0.1, -0.05) is 12.1 Å². The molecule has 2 aromatic heterocycles. The Morgan fingerprint density at radius 1 is 1.23 bits per heavy atom. The number of hydrogen-bond acceptors (Lipinski definition) is 6. The highest BCUT2D eigenvalue weighted by Gasteiger charge is 2.25. The van der Waals surface area contributed by atoms with Gasteiger partial charge in [-0.25, -0.2) is 9.97 Å². The summed E-state index contributed by atoms with van der Waals surface area (Å²) in [6.07, 6.45) is 1.86. The van der Waals surface area contributed by atoms with Crippen LogP contribution in [0.15, 0.2) is 35.8 Å². The molecule has 22 heavy (non-hydrogen) atoms. The quantitative estimate of drug-likeness (QED) is 0.728. The summed E-state index contributed by atoms with van der Waals surface area (Å²) in [6, 6.07) is 7.94. The van der Waals surface area contributed by atoms with Gasteiger partial charge < -0.3 is 9.64 Å². The molecule has 1 fully saturated rings. The van der Waals surface area contributed by atoms with Crippen molar-refractivity contribution in [2.24, 2.45) is 0 Å². The smallest absolute Gasteiger partial charge is 0.148 e. The number of morpholine rings is 1. The van der Waals surface area contributed by atoms with E-state index in [1.54, 1.807) is 11.3 Å². The second kappa shape index (κ2) is 5.62. The van der Waals surface area contributed by atoms with Crippen LogP contribution in [0, 0.1) is 6.92 Å². The molecule has 0 bridgehead atoms. The maximum atomic E-state index is 5.87. The monoisotopic (exact) mass is 312 g/mol. The molecule has 1 aliphatic heterocycles. The van der Waals surface area contributed by atoms with Gasteiger partial charge in [0.15, 0.2) is 0 Å². The van der Waals surface area contributed by atoms with Gasteiger partial charge in [-0.05, 0) is 19.1 Å². The van der Waals surface area contributed by atoms with Crippen LogP contribution in [-0.2, 0) is 4.74 Å². The van der Waals surface area contributed by atoms with Crippen LogP contribution < -0.4 is 4.90 Å². The summed E-state index contributed by atoms with van der Waals surface area (Å²) >= 11 is 1.66. The first-order valence-corrected chi connectivity index (χ1v) is 8.18. The third-order valence-corrected chi connectivity index (χ3v) is 4.79. The summed E-state index contributed by atoms with van der Waals surface area (Å²) < 4.78 is 5.87. The Hall–Kier alpha value is -2.05. The number of fused-ring (bicyclic) bond motifs is 1. The van der Waals surface area contributed by atoms with Crippen LogP contribution in [0.1, 0.15) is 16.8 Å². The lowest BCUT2D eigenvalue weighted by molar-refractivity contribution is 0.0393. The summed E-state index contributed by atoms with van der Waals surface area (Å²) in [6.45, 7) is 4.28. The standard InChI is InChI=1S/C16H16N4OS/c1-11-10-22-16(18-11)14-9-20(6-7-21-14)15-8-17-12-4-2-3-5-13(12)19-15/h2-5,8,10,14H,6-7,9H2,1H3/t14-/m0/s1. The van der Waals surface area contributed by atoms with Crippen molar-refractivity contribution in [1.29, 1.82) is 0 Å². The van der Waals surface area contributed by atoms with Crippen molar-refractivity contribution in [3.63, 3.8) is 0 Å². The van der Waals surface area contributed by atoms with E-state index in [0.717, 1.165) is 40.6 Å². The fourth-order valence-electron chi connectivity index (χ4n) is 2.63. The van der Waals surface area contributed by atoms with E-state index in [1.807, 2.05) is 37.4 Å². The van der Waals surface area contributed by atoms with Gasteiger partial charge in [0, 0.05) is 17.6 Å². The third kappa shape index (κ3) is 2.55. The Labute approximate surface area is 132 Å². The number of aryl methyl sites for hydroxylation is 1. The maximum absolute atomic E-state index is 5.87. The lowest BCUT2D eigenvalue weighted by Crippen LogP contribution is -2.38. The van der Waals surface area contributed by atoms with E-state index < -0.39 is 0 Å². The molecule has 0 spiro atoms. The number of aromatic nitrogens is 3. The van der Waals surface area contributed by atoms with Gasteiger partial charge in [-0.2, -0.15) is 0 Å². The molecule has 4 rings (SSSR count). The lowest BCUT2D eigenvalue weighted by Gasteiger charge is -2.32. The molecule has 0 amide bonds. The van der Waals surface area contributed by atoms with Gasteiger partial charge in [0.25, 0.3) is 0 Å². The molecule has 1 atom stereocenters. The van der Waals surface area contributed by atoms with E-state index in [2.05, 4.69) is 20.2 Å². The first-order chi connectivity index (χ1) is 10.8. The molecule has 1 aliphatic rings. The molecule has 6 heteroatoms. The lowest BCUT2D eigenvalue weighted by atomic mass is 10.2. The molecule has 0 aliphatic carbocycles. The van der Waals surface area contributed by atoms with Crippen molar-refractivity contribution in [2.75, 3.05) is 24.6 Å². The van der Waals surface area contributed by atoms with E-state index in [0.29, 0.717) is 6.61 Å². The van der Waals surface area contributed by atoms with Gasteiger partial charge >= 0.3 is 0 Å². The number of rotatable bonds is 2. The largest absolute Gasteiger partial charge is 0.367 e. The second-order valence-electron chi connectivity index (χ2n) is 5.35. The van der Waals surface area contributed by atoms with Crippen LogP contribution >= 0.6 is 11.3 Å². The highest BCUT2D eigenvalue weighted by atomic mass is 32.1. The molecule has 5 nitrogen and oxygen atoms in total. The van der Waals surface area contributed by atoms with E-state index in [4.69, 9.17) is 9.72 Å². The fraction of sp³-hybridized carbons (Fsp3) is 0.312. The molecule has 3 aromatic rings. The molecular weight excluding hydrogens is 296 g/mol. The third-order valence-electron chi connectivity index (χ3n) is 3.74. The normalized spacial score (nSPS) is 18.8. The SMILES string of the molecule is Cc1csc([C@@H]2CN(c3cnc4ccccc4n3)CCO2)n1. The molecule has 0 saturated carbocycles. The van der Waals surface area contributed by atoms with Crippen molar-refractivity contribution in [3.8, 4) is 0 Å². The Morgan fingerprint density at radius 2 is 2.09 bits per heavy atom. The zero-order chi connectivity index (χ0) is 14.9. The first-order valence-electron chi connectivity index (χ1n) is 7.30. The molecule has 3 heterocycles. The average Bonchev–Trinajstić information content (AvgIpc) is 3.01. The van der Waals surface area contributed by atoms with Gasteiger partial charge in [-0.15, -0.1) is 11.3 Å². The average molecular weight is 312 g/mol.